The van der Waals surface area contributed by atoms with Crippen molar-refractivity contribution >= 4 is 24.0 Å². The van der Waals surface area contributed by atoms with Crippen LogP contribution in [0.15, 0.2) is 24.3 Å². The summed E-state index contributed by atoms with van der Waals surface area (Å²) < 4.78 is 0. The second-order valence-corrected chi connectivity index (χ2v) is 5.07. The maximum atomic E-state index is 11.8. The third-order valence-electron chi connectivity index (χ3n) is 3.41. The summed E-state index contributed by atoms with van der Waals surface area (Å²) in [5, 5.41) is 2.96. The fraction of sp³-hybridized carbons (Fsp3) is 0.533. The van der Waals surface area contributed by atoms with Crippen molar-refractivity contribution in [1.82, 2.24) is 4.90 Å². The highest BCUT2D eigenvalue weighted by Gasteiger charge is 2.11. The van der Waals surface area contributed by atoms with Crippen molar-refractivity contribution in [1.29, 1.82) is 0 Å². The number of piperidine rings is 1. The summed E-state index contributed by atoms with van der Waals surface area (Å²) in [4.78, 5) is 14.2. The smallest absolute Gasteiger partial charge is 0.225 e. The highest BCUT2D eigenvalue weighted by molar-refractivity contribution is 5.90. The Morgan fingerprint density at radius 2 is 2.00 bits per heavy atom. The Balaban J connectivity index is 0.00000180. The van der Waals surface area contributed by atoms with Crippen LogP contribution in [0, 0.1) is 6.92 Å². The molecule has 0 saturated carbocycles. The predicted molar refractivity (Wildman–Crippen MR) is 82.0 cm³/mol. The zero-order valence-electron chi connectivity index (χ0n) is 11.5. The Labute approximate surface area is 121 Å². The van der Waals surface area contributed by atoms with Crippen LogP contribution in [-0.4, -0.2) is 30.4 Å². The molecule has 1 aromatic carbocycles. The summed E-state index contributed by atoms with van der Waals surface area (Å²) in [6.07, 6.45) is 4.49. The van der Waals surface area contributed by atoms with Gasteiger partial charge < -0.3 is 10.2 Å². The van der Waals surface area contributed by atoms with Crippen LogP contribution < -0.4 is 5.32 Å². The number of benzene rings is 1. The molecule has 106 valence electrons. The molecule has 1 heterocycles. The molecule has 2 rings (SSSR count). The first-order valence-corrected chi connectivity index (χ1v) is 6.83. The molecule has 0 aromatic heterocycles. The Hall–Kier alpha value is -1.06. The molecular formula is C15H23ClN2O. The summed E-state index contributed by atoms with van der Waals surface area (Å²) in [7, 11) is 0. The number of likely N-dealkylation sites (tertiary alicyclic amines) is 1. The van der Waals surface area contributed by atoms with Crippen LogP contribution in [0.3, 0.4) is 0 Å². The second-order valence-electron chi connectivity index (χ2n) is 5.07. The molecule has 1 saturated heterocycles. The standard InChI is InChI=1S/C15H22N2O.ClH/c1-13-6-5-7-14(12-13)16-15(18)8-11-17-9-3-2-4-10-17;/h5-7,12H,2-4,8-11H2,1H3,(H,16,18);1H. The van der Waals surface area contributed by atoms with Gasteiger partial charge in [0, 0.05) is 18.7 Å². The fourth-order valence-electron chi connectivity index (χ4n) is 2.39. The van der Waals surface area contributed by atoms with Crippen molar-refractivity contribution in [2.75, 3.05) is 25.0 Å². The van der Waals surface area contributed by atoms with Crippen molar-refractivity contribution in [2.45, 2.75) is 32.6 Å². The lowest BCUT2D eigenvalue weighted by atomic mass is 10.1. The number of nitrogens with zero attached hydrogens (tertiary/aromatic N) is 1. The highest BCUT2D eigenvalue weighted by atomic mass is 35.5. The summed E-state index contributed by atoms with van der Waals surface area (Å²) >= 11 is 0. The molecule has 3 nitrogen and oxygen atoms in total. The highest BCUT2D eigenvalue weighted by Crippen LogP contribution is 2.11. The van der Waals surface area contributed by atoms with Crippen molar-refractivity contribution in [2.24, 2.45) is 0 Å². The minimum atomic E-state index is 0. The first-order valence-electron chi connectivity index (χ1n) is 6.83. The third kappa shape index (κ3) is 5.62. The van der Waals surface area contributed by atoms with E-state index in [-0.39, 0.29) is 18.3 Å². The number of nitrogens with one attached hydrogen (secondary N) is 1. The van der Waals surface area contributed by atoms with Crippen LogP contribution in [0.5, 0.6) is 0 Å². The number of aryl methyl sites for hydroxylation is 1. The van der Waals surface area contributed by atoms with Crippen molar-refractivity contribution < 1.29 is 4.79 Å². The van der Waals surface area contributed by atoms with E-state index in [9.17, 15) is 4.79 Å². The largest absolute Gasteiger partial charge is 0.326 e. The van der Waals surface area contributed by atoms with Gasteiger partial charge in [-0.1, -0.05) is 18.6 Å². The van der Waals surface area contributed by atoms with Gasteiger partial charge in [-0.3, -0.25) is 4.79 Å². The van der Waals surface area contributed by atoms with Crippen molar-refractivity contribution in [3.05, 3.63) is 29.8 Å². The van der Waals surface area contributed by atoms with Crippen LogP contribution in [0.2, 0.25) is 0 Å². The average Bonchev–Trinajstić information content (AvgIpc) is 2.38. The van der Waals surface area contributed by atoms with Crippen LogP contribution >= 0.6 is 12.4 Å². The van der Waals surface area contributed by atoms with E-state index in [2.05, 4.69) is 10.2 Å². The maximum Gasteiger partial charge on any atom is 0.225 e. The maximum absolute atomic E-state index is 11.8. The molecule has 0 unspecified atom stereocenters. The number of amides is 1. The minimum Gasteiger partial charge on any atom is -0.326 e. The van der Waals surface area contributed by atoms with Gasteiger partial charge in [0.15, 0.2) is 0 Å². The Bertz CT molecular complexity index is 403. The Morgan fingerprint density at radius 3 is 2.68 bits per heavy atom. The lowest BCUT2D eigenvalue weighted by Gasteiger charge is -2.25. The van der Waals surface area contributed by atoms with E-state index in [0.29, 0.717) is 6.42 Å². The average molecular weight is 283 g/mol. The van der Waals surface area contributed by atoms with Crippen molar-refractivity contribution in [3.63, 3.8) is 0 Å². The molecule has 1 fully saturated rings. The SMILES string of the molecule is Cc1cccc(NC(=O)CCN2CCCCC2)c1.Cl. The normalized spacial score (nSPS) is 15.6. The van der Waals surface area contributed by atoms with Crippen molar-refractivity contribution in [3.8, 4) is 0 Å². The van der Waals surface area contributed by atoms with Gasteiger partial charge in [0.05, 0.1) is 0 Å². The van der Waals surface area contributed by atoms with Gasteiger partial charge >= 0.3 is 0 Å². The first kappa shape index (κ1) is 16.0. The van der Waals surface area contributed by atoms with E-state index < -0.39 is 0 Å². The summed E-state index contributed by atoms with van der Waals surface area (Å²) in [5.74, 6) is 0.117. The molecule has 0 bridgehead atoms. The van der Waals surface area contributed by atoms with Gasteiger partial charge in [0.1, 0.15) is 0 Å². The third-order valence-corrected chi connectivity index (χ3v) is 3.41. The van der Waals surface area contributed by atoms with Gasteiger partial charge in [0.2, 0.25) is 5.91 Å². The molecule has 4 heteroatoms. The Kier molecular flexibility index (Phi) is 6.89. The van der Waals surface area contributed by atoms with Crippen LogP contribution in [0.4, 0.5) is 5.69 Å². The molecule has 0 spiro atoms. The fourth-order valence-corrected chi connectivity index (χ4v) is 2.39. The molecule has 0 radical (unpaired) electrons. The van der Waals surface area contributed by atoms with E-state index >= 15 is 0 Å². The number of carbonyl (C=O) groups is 1. The predicted octanol–water partition coefficient (Wildman–Crippen LogP) is 3.23. The summed E-state index contributed by atoms with van der Waals surface area (Å²) in [6, 6.07) is 7.93. The van der Waals surface area contributed by atoms with Gasteiger partial charge in [-0.25, -0.2) is 0 Å². The summed E-state index contributed by atoms with van der Waals surface area (Å²) in [6.45, 7) is 5.22. The molecule has 1 aliphatic rings. The number of halogens is 1. The number of carbonyl (C=O) groups excluding carboxylic acids is 1. The molecule has 1 N–H and O–H groups in total. The lowest BCUT2D eigenvalue weighted by Crippen LogP contribution is -2.32. The van der Waals surface area contributed by atoms with E-state index in [1.54, 1.807) is 0 Å². The quantitative estimate of drug-likeness (QED) is 0.919. The number of hydrogen-bond donors (Lipinski definition) is 1. The van der Waals surface area contributed by atoms with E-state index in [1.807, 2.05) is 31.2 Å². The van der Waals surface area contributed by atoms with Gasteiger partial charge in [-0.05, 0) is 50.6 Å². The Morgan fingerprint density at radius 1 is 1.26 bits per heavy atom. The minimum absolute atomic E-state index is 0. The van der Waals surface area contributed by atoms with Gasteiger partial charge in [-0.2, -0.15) is 0 Å². The molecule has 1 amide bonds. The molecule has 19 heavy (non-hydrogen) atoms. The lowest BCUT2D eigenvalue weighted by molar-refractivity contribution is -0.116. The number of anilines is 1. The topological polar surface area (TPSA) is 32.3 Å². The van der Waals surface area contributed by atoms with E-state index in [0.717, 1.165) is 25.3 Å². The number of rotatable bonds is 4. The van der Waals surface area contributed by atoms with E-state index in [1.165, 1.54) is 24.8 Å². The molecule has 1 aromatic rings. The second kappa shape index (κ2) is 8.18. The van der Waals surface area contributed by atoms with Crippen LogP contribution in [-0.2, 0) is 4.79 Å². The molecule has 1 aliphatic heterocycles. The summed E-state index contributed by atoms with van der Waals surface area (Å²) in [5.41, 5.74) is 2.07. The monoisotopic (exact) mass is 282 g/mol. The first-order chi connectivity index (χ1) is 8.74. The van der Waals surface area contributed by atoms with Crippen LogP contribution in [0.1, 0.15) is 31.2 Å². The number of hydrogen-bond acceptors (Lipinski definition) is 2. The zero-order chi connectivity index (χ0) is 12.8. The zero-order valence-corrected chi connectivity index (χ0v) is 12.3. The molecule has 0 atom stereocenters. The van der Waals surface area contributed by atoms with Gasteiger partial charge in [0.25, 0.3) is 0 Å². The van der Waals surface area contributed by atoms with E-state index in [4.69, 9.17) is 0 Å². The van der Waals surface area contributed by atoms with Gasteiger partial charge in [-0.15, -0.1) is 12.4 Å². The molecular weight excluding hydrogens is 260 g/mol. The molecule has 0 aliphatic carbocycles. The van der Waals surface area contributed by atoms with Crippen LogP contribution in [0.25, 0.3) is 0 Å².